The van der Waals surface area contributed by atoms with Crippen molar-refractivity contribution >= 4 is 29.5 Å². The lowest BCUT2D eigenvalue weighted by atomic mass is 10.2. The van der Waals surface area contributed by atoms with Crippen LogP contribution in [-0.2, 0) is 19.2 Å². The van der Waals surface area contributed by atoms with Crippen molar-refractivity contribution in [2.75, 3.05) is 0 Å². The highest BCUT2D eigenvalue weighted by molar-refractivity contribution is 8.01. The molecule has 0 aromatic carbocycles. The van der Waals surface area contributed by atoms with Gasteiger partial charge in [0.15, 0.2) is 0 Å². The van der Waals surface area contributed by atoms with E-state index < -0.39 is 23.0 Å². The van der Waals surface area contributed by atoms with Crippen molar-refractivity contribution in [3.63, 3.8) is 0 Å². The van der Waals surface area contributed by atoms with Gasteiger partial charge in [0.1, 0.15) is 0 Å². The number of hydroxylamine groups is 2. The van der Waals surface area contributed by atoms with E-state index in [1.54, 1.807) is 13.8 Å². The summed E-state index contributed by atoms with van der Waals surface area (Å²) in [4.78, 5) is 39.5. The Labute approximate surface area is 105 Å². The van der Waals surface area contributed by atoms with E-state index in [1.165, 1.54) is 11.8 Å². The van der Waals surface area contributed by atoms with Gasteiger partial charge in [0.2, 0.25) is 0 Å². The maximum atomic E-state index is 11.8. The third-order valence-corrected chi connectivity index (χ3v) is 3.39. The summed E-state index contributed by atoms with van der Waals surface area (Å²) in [5.74, 6) is -1.81. The van der Waals surface area contributed by atoms with Crippen molar-refractivity contribution in [1.29, 1.82) is 0 Å². The van der Waals surface area contributed by atoms with Crippen LogP contribution >= 0.6 is 11.8 Å². The number of nitrogens with zero attached hydrogens (tertiary/aromatic N) is 1. The van der Waals surface area contributed by atoms with Crippen LogP contribution in [0.4, 0.5) is 0 Å². The smallest absolute Gasteiger partial charge is 0.330 e. The maximum absolute atomic E-state index is 11.8. The molecule has 1 aliphatic rings. The Bertz CT molecular complexity index is 340. The molecule has 5 nitrogen and oxygen atoms in total. The van der Waals surface area contributed by atoms with E-state index in [1.807, 2.05) is 13.8 Å². The van der Waals surface area contributed by atoms with E-state index in [0.29, 0.717) is 5.06 Å². The van der Waals surface area contributed by atoms with Crippen molar-refractivity contribution in [2.45, 2.75) is 44.6 Å². The average molecular weight is 259 g/mol. The van der Waals surface area contributed by atoms with Crippen LogP contribution in [0.25, 0.3) is 0 Å². The molecule has 1 heterocycles. The van der Waals surface area contributed by atoms with E-state index in [9.17, 15) is 14.4 Å². The van der Waals surface area contributed by atoms with Gasteiger partial charge in [-0.05, 0) is 5.25 Å². The van der Waals surface area contributed by atoms with Crippen LogP contribution in [-0.4, -0.2) is 33.3 Å². The third kappa shape index (κ3) is 3.46. The van der Waals surface area contributed by atoms with E-state index in [2.05, 4.69) is 0 Å². The molecule has 17 heavy (non-hydrogen) atoms. The first-order valence-electron chi connectivity index (χ1n) is 5.57. The first kappa shape index (κ1) is 14.0. The minimum Gasteiger partial charge on any atom is -0.330 e. The fourth-order valence-electron chi connectivity index (χ4n) is 1.31. The van der Waals surface area contributed by atoms with Crippen molar-refractivity contribution in [3.8, 4) is 0 Å². The molecule has 0 saturated carbocycles. The predicted molar refractivity (Wildman–Crippen MR) is 63.9 cm³/mol. The minimum atomic E-state index is -0.568. The molecule has 96 valence electrons. The summed E-state index contributed by atoms with van der Waals surface area (Å²) >= 11 is 1.41. The van der Waals surface area contributed by atoms with E-state index in [4.69, 9.17) is 4.84 Å². The number of hydrogen-bond acceptors (Lipinski definition) is 5. The molecule has 0 spiro atoms. The molecule has 0 aromatic rings. The van der Waals surface area contributed by atoms with Gasteiger partial charge in [0.05, 0.1) is 17.6 Å². The monoisotopic (exact) mass is 259 g/mol. The molecule has 1 unspecified atom stereocenters. The van der Waals surface area contributed by atoms with Crippen LogP contribution in [0.2, 0.25) is 0 Å². The summed E-state index contributed by atoms with van der Waals surface area (Å²) in [7, 11) is 0. The van der Waals surface area contributed by atoms with E-state index in [-0.39, 0.29) is 17.6 Å². The predicted octanol–water partition coefficient (Wildman–Crippen LogP) is 1.37. The second-order valence-electron chi connectivity index (χ2n) is 4.47. The zero-order chi connectivity index (χ0) is 13.2. The van der Waals surface area contributed by atoms with Crippen molar-refractivity contribution in [2.24, 2.45) is 5.92 Å². The number of rotatable bonds is 4. The summed E-state index contributed by atoms with van der Waals surface area (Å²) in [6, 6.07) is 0. The number of amides is 2. The standard InChI is InChI=1S/C11H17NO4S/c1-6(2)11(15)16-12-9(13)5-8(10(12)14)17-7(3)4/h6-8H,5H2,1-4H3. The number of carbonyl (C=O) groups is 3. The second kappa shape index (κ2) is 5.53. The molecular weight excluding hydrogens is 242 g/mol. The van der Waals surface area contributed by atoms with Gasteiger partial charge in [-0.1, -0.05) is 27.7 Å². The van der Waals surface area contributed by atoms with Gasteiger partial charge in [0.25, 0.3) is 11.8 Å². The van der Waals surface area contributed by atoms with Gasteiger partial charge >= 0.3 is 5.97 Å². The van der Waals surface area contributed by atoms with Crippen LogP contribution in [0.1, 0.15) is 34.1 Å². The molecule has 1 atom stereocenters. The van der Waals surface area contributed by atoms with Crippen molar-refractivity contribution in [3.05, 3.63) is 0 Å². The molecule has 0 bridgehead atoms. The van der Waals surface area contributed by atoms with Crippen LogP contribution < -0.4 is 0 Å². The molecule has 1 fully saturated rings. The van der Waals surface area contributed by atoms with Gasteiger partial charge < -0.3 is 4.84 Å². The fourth-order valence-corrected chi connectivity index (χ4v) is 2.42. The molecule has 1 aliphatic heterocycles. The number of imide groups is 1. The van der Waals surface area contributed by atoms with E-state index >= 15 is 0 Å². The molecule has 0 aromatic heterocycles. The van der Waals surface area contributed by atoms with Gasteiger partial charge in [0, 0.05) is 0 Å². The fraction of sp³-hybridized carbons (Fsp3) is 0.727. The molecule has 0 aliphatic carbocycles. The lowest BCUT2D eigenvalue weighted by molar-refractivity contribution is -0.199. The topological polar surface area (TPSA) is 63.7 Å². The highest BCUT2D eigenvalue weighted by Gasteiger charge is 2.42. The molecule has 1 saturated heterocycles. The molecular formula is C11H17NO4S. The summed E-state index contributed by atoms with van der Waals surface area (Å²) in [6.07, 6.45) is 0.104. The highest BCUT2D eigenvalue weighted by Crippen LogP contribution is 2.28. The largest absolute Gasteiger partial charge is 0.335 e. The molecule has 1 rings (SSSR count). The molecule has 2 amide bonds. The van der Waals surface area contributed by atoms with E-state index in [0.717, 1.165) is 0 Å². The average Bonchev–Trinajstić information content (AvgIpc) is 2.44. The van der Waals surface area contributed by atoms with Gasteiger partial charge in [-0.25, -0.2) is 4.79 Å². The number of carbonyl (C=O) groups excluding carboxylic acids is 3. The van der Waals surface area contributed by atoms with Crippen LogP contribution in [0.3, 0.4) is 0 Å². The van der Waals surface area contributed by atoms with Gasteiger partial charge in [-0.3, -0.25) is 9.59 Å². The highest BCUT2D eigenvalue weighted by atomic mass is 32.2. The molecule has 6 heteroatoms. The zero-order valence-electron chi connectivity index (χ0n) is 10.4. The Balaban J connectivity index is 2.66. The van der Waals surface area contributed by atoms with Gasteiger partial charge in [-0.2, -0.15) is 0 Å². The lowest BCUT2D eigenvalue weighted by Crippen LogP contribution is -2.35. The van der Waals surface area contributed by atoms with Crippen molar-refractivity contribution < 1.29 is 19.2 Å². The first-order valence-corrected chi connectivity index (χ1v) is 6.51. The Morgan fingerprint density at radius 1 is 1.35 bits per heavy atom. The summed E-state index contributed by atoms with van der Waals surface area (Å²) in [5.41, 5.74) is 0. The Hall–Kier alpha value is -1.04. The quantitative estimate of drug-likeness (QED) is 0.713. The molecule has 0 N–H and O–H groups in total. The molecule has 0 radical (unpaired) electrons. The zero-order valence-corrected chi connectivity index (χ0v) is 11.2. The van der Waals surface area contributed by atoms with Gasteiger partial charge in [-0.15, -0.1) is 16.8 Å². The first-order chi connectivity index (χ1) is 7.82. The second-order valence-corrected chi connectivity index (χ2v) is 6.25. The number of thioether (sulfide) groups is 1. The summed E-state index contributed by atoms with van der Waals surface area (Å²) in [5, 5.41) is 0.433. The summed E-state index contributed by atoms with van der Waals surface area (Å²) in [6.45, 7) is 7.19. The normalized spacial score (nSPS) is 20.6. The SMILES string of the molecule is CC(C)SC1CC(=O)N(OC(=O)C(C)C)C1=O. The Morgan fingerprint density at radius 2 is 1.94 bits per heavy atom. The Morgan fingerprint density at radius 3 is 2.41 bits per heavy atom. The van der Waals surface area contributed by atoms with Crippen molar-refractivity contribution in [1.82, 2.24) is 5.06 Å². The van der Waals surface area contributed by atoms with Crippen LogP contribution in [0.15, 0.2) is 0 Å². The van der Waals surface area contributed by atoms with Crippen LogP contribution in [0, 0.1) is 5.92 Å². The third-order valence-electron chi connectivity index (χ3n) is 2.15. The van der Waals surface area contributed by atoms with Crippen LogP contribution in [0.5, 0.6) is 0 Å². The Kier molecular flexibility index (Phi) is 4.56. The lowest BCUT2D eigenvalue weighted by Gasteiger charge is -2.15. The number of hydrogen-bond donors (Lipinski definition) is 0. The summed E-state index contributed by atoms with van der Waals surface area (Å²) < 4.78 is 0. The maximum Gasteiger partial charge on any atom is 0.335 e. The minimum absolute atomic E-state index is 0.104.